The summed E-state index contributed by atoms with van der Waals surface area (Å²) in [6.45, 7) is 4.62. The summed E-state index contributed by atoms with van der Waals surface area (Å²) in [7, 11) is 0. The van der Waals surface area contributed by atoms with Crippen LogP contribution in [-0.2, 0) is 9.59 Å². The molecule has 6 nitrogen and oxygen atoms in total. The molecule has 2 aliphatic heterocycles. The third-order valence-corrected chi connectivity index (χ3v) is 5.40. The smallest absolute Gasteiger partial charge is 0.256 e. The summed E-state index contributed by atoms with van der Waals surface area (Å²) >= 11 is 0. The molecule has 0 radical (unpaired) electrons. The number of rotatable bonds is 3. The lowest BCUT2D eigenvalue weighted by atomic mass is 10.0. The highest BCUT2D eigenvalue weighted by Crippen LogP contribution is 2.35. The van der Waals surface area contributed by atoms with Crippen LogP contribution in [0.25, 0.3) is 11.6 Å². The molecule has 1 aromatic carbocycles. The molecule has 7 heteroatoms. The van der Waals surface area contributed by atoms with Crippen molar-refractivity contribution < 1.29 is 14.0 Å². The van der Waals surface area contributed by atoms with Gasteiger partial charge in [0.15, 0.2) is 0 Å². The molecule has 1 atom stereocenters. The normalized spacial score (nSPS) is 20.2. The number of hydrogen-bond donors (Lipinski definition) is 4. The molecule has 4 rings (SSSR count). The van der Waals surface area contributed by atoms with Gasteiger partial charge in [-0.25, -0.2) is 4.39 Å². The number of hydrogen-bond acceptors (Lipinski definition) is 3. The Balaban J connectivity index is 1.63. The molecule has 0 aliphatic carbocycles. The van der Waals surface area contributed by atoms with Crippen LogP contribution in [-0.4, -0.2) is 29.4 Å². The van der Waals surface area contributed by atoms with Crippen LogP contribution in [0.2, 0.25) is 0 Å². The van der Waals surface area contributed by atoms with E-state index in [9.17, 15) is 14.0 Å². The van der Waals surface area contributed by atoms with Gasteiger partial charge in [0.25, 0.3) is 5.91 Å². The first kappa shape index (κ1) is 18.4. The van der Waals surface area contributed by atoms with Gasteiger partial charge in [-0.1, -0.05) is 6.42 Å². The number of amides is 2. The Hall–Kier alpha value is -2.93. The Morgan fingerprint density at radius 3 is 2.86 bits per heavy atom. The quantitative estimate of drug-likeness (QED) is 0.614. The third-order valence-electron chi connectivity index (χ3n) is 5.40. The highest BCUT2D eigenvalue weighted by molar-refractivity contribution is 6.34. The number of aromatic nitrogens is 1. The molecule has 0 spiro atoms. The first-order valence-corrected chi connectivity index (χ1v) is 9.50. The van der Waals surface area contributed by atoms with Crippen molar-refractivity contribution in [3.8, 4) is 0 Å². The largest absolute Gasteiger partial charge is 0.357 e. The Morgan fingerprint density at radius 1 is 1.29 bits per heavy atom. The molecule has 2 aliphatic rings. The lowest BCUT2D eigenvalue weighted by molar-refractivity contribution is -0.118. The molecular formula is C21H23FN4O2. The number of fused-ring (bicyclic) bond motifs is 1. The number of aromatic amines is 1. The number of anilines is 2. The van der Waals surface area contributed by atoms with E-state index in [1.807, 2.05) is 13.8 Å². The second kappa shape index (κ2) is 7.24. The van der Waals surface area contributed by atoms with Gasteiger partial charge in [0.05, 0.1) is 17.3 Å². The van der Waals surface area contributed by atoms with Crippen LogP contribution in [0.15, 0.2) is 18.2 Å². The van der Waals surface area contributed by atoms with Crippen LogP contribution in [0.5, 0.6) is 0 Å². The molecule has 0 bridgehead atoms. The van der Waals surface area contributed by atoms with E-state index in [1.165, 1.54) is 12.1 Å². The first-order chi connectivity index (χ1) is 13.4. The molecular weight excluding hydrogens is 359 g/mol. The van der Waals surface area contributed by atoms with Gasteiger partial charge < -0.3 is 20.9 Å². The van der Waals surface area contributed by atoms with Crippen LogP contribution in [0.1, 0.15) is 41.8 Å². The standard InChI is InChI=1S/C21H23FN4O2/c1-11-18(10-15-14-9-13(22)6-7-16(14)25-20(15)27)24-12(2)19(11)26-21(28)17-5-3-4-8-23-17/h6-7,9-10,17,23-24H,3-5,8H2,1-2H3,(H,25,27)(H,26,28)/b15-10-. The van der Waals surface area contributed by atoms with Crippen molar-refractivity contribution in [3.63, 3.8) is 0 Å². The van der Waals surface area contributed by atoms with E-state index in [4.69, 9.17) is 0 Å². The fraction of sp³-hybridized carbons (Fsp3) is 0.333. The van der Waals surface area contributed by atoms with Crippen LogP contribution in [0.3, 0.4) is 0 Å². The molecule has 1 unspecified atom stereocenters. The molecule has 3 heterocycles. The van der Waals surface area contributed by atoms with E-state index in [0.717, 1.165) is 42.8 Å². The van der Waals surface area contributed by atoms with Crippen LogP contribution in [0, 0.1) is 19.7 Å². The molecule has 4 N–H and O–H groups in total. The number of benzene rings is 1. The van der Waals surface area contributed by atoms with Crippen LogP contribution in [0.4, 0.5) is 15.8 Å². The third kappa shape index (κ3) is 3.33. The SMILES string of the molecule is Cc1[nH]c(/C=C2\C(=O)Nc3ccc(F)cc32)c(C)c1NC(=O)C1CCCCN1. The molecule has 0 saturated carbocycles. The number of carbonyl (C=O) groups excluding carboxylic acids is 2. The summed E-state index contributed by atoms with van der Waals surface area (Å²) < 4.78 is 13.6. The minimum atomic E-state index is -0.395. The predicted molar refractivity (Wildman–Crippen MR) is 107 cm³/mol. The fourth-order valence-corrected chi connectivity index (χ4v) is 3.84. The van der Waals surface area contributed by atoms with Crippen molar-refractivity contribution in [1.82, 2.24) is 10.3 Å². The van der Waals surface area contributed by atoms with E-state index in [1.54, 1.807) is 12.1 Å². The topological polar surface area (TPSA) is 86.0 Å². The van der Waals surface area contributed by atoms with Crippen molar-refractivity contribution in [2.45, 2.75) is 39.2 Å². The summed E-state index contributed by atoms with van der Waals surface area (Å²) in [5.41, 5.74) is 4.61. The molecule has 1 saturated heterocycles. The summed E-state index contributed by atoms with van der Waals surface area (Å²) in [4.78, 5) is 28.1. The Kier molecular flexibility index (Phi) is 4.77. The van der Waals surface area contributed by atoms with Gasteiger partial charge in [-0.2, -0.15) is 0 Å². The summed E-state index contributed by atoms with van der Waals surface area (Å²) in [6.07, 6.45) is 4.66. The Bertz CT molecular complexity index is 987. The summed E-state index contributed by atoms with van der Waals surface area (Å²) in [6, 6.07) is 4.04. The van der Waals surface area contributed by atoms with Crippen molar-refractivity contribution in [3.05, 3.63) is 46.5 Å². The van der Waals surface area contributed by atoms with Gasteiger partial charge in [0.2, 0.25) is 5.91 Å². The average molecular weight is 382 g/mol. The van der Waals surface area contributed by atoms with E-state index in [0.29, 0.717) is 22.5 Å². The molecule has 1 aromatic heterocycles. The lowest BCUT2D eigenvalue weighted by Gasteiger charge is -2.22. The van der Waals surface area contributed by atoms with Crippen LogP contribution < -0.4 is 16.0 Å². The zero-order chi connectivity index (χ0) is 19.8. The van der Waals surface area contributed by atoms with Crippen molar-refractivity contribution >= 4 is 34.8 Å². The molecule has 1 fully saturated rings. The number of H-pyrrole nitrogens is 1. The van der Waals surface area contributed by atoms with Crippen molar-refractivity contribution in [2.24, 2.45) is 0 Å². The molecule has 146 valence electrons. The monoisotopic (exact) mass is 382 g/mol. The van der Waals surface area contributed by atoms with Gasteiger partial charge in [0.1, 0.15) is 5.82 Å². The maximum absolute atomic E-state index is 13.6. The maximum Gasteiger partial charge on any atom is 0.256 e. The van der Waals surface area contributed by atoms with Gasteiger partial charge in [-0.3, -0.25) is 9.59 Å². The number of aryl methyl sites for hydroxylation is 1. The molecule has 2 amide bonds. The number of nitrogens with one attached hydrogen (secondary N) is 4. The minimum absolute atomic E-state index is 0.0462. The van der Waals surface area contributed by atoms with E-state index >= 15 is 0 Å². The summed E-state index contributed by atoms with van der Waals surface area (Å²) in [5, 5.41) is 9.00. The van der Waals surface area contributed by atoms with Crippen molar-refractivity contribution in [1.29, 1.82) is 0 Å². The lowest BCUT2D eigenvalue weighted by Crippen LogP contribution is -2.43. The van der Waals surface area contributed by atoms with Gasteiger partial charge >= 0.3 is 0 Å². The maximum atomic E-state index is 13.6. The highest BCUT2D eigenvalue weighted by Gasteiger charge is 2.26. The molecule has 2 aromatic rings. The number of carbonyl (C=O) groups is 2. The van der Waals surface area contributed by atoms with Gasteiger partial charge in [-0.15, -0.1) is 0 Å². The zero-order valence-electron chi connectivity index (χ0n) is 15.9. The van der Waals surface area contributed by atoms with E-state index < -0.39 is 5.82 Å². The van der Waals surface area contributed by atoms with Crippen LogP contribution >= 0.6 is 0 Å². The second-order valence-corrected chi connectivity index (χ2v) is 7.36. The zero-order valence-corrected chi connectivity index (χ0v) is 15.9. The second-order valence-electron chi connectivity index (χ2n) is 7.36. The van der Waals surface area contributed by atoms with E-state index in [2.05, 4.69) is 20.9 Å². The highest BCUT2D eigenvalue weighted by atomic mass is 19.1. The average Bonchev–Trinajstić information content (AvgIpc) is 3.13. The number of piperidine rings is 1. The first-order valence-electron chi connectivity index (χ1n) is 9.50. The predicted octanol–water partition coefficient (Wildman–Crippen LogP) is 3.34. The Morgan fingerprint density at radius 2 is 2.11 bits per heavy atom. The fourth-order valence-electron chi connectivity index (χ4n) is 3.84. The van der Waals surface area contributed by atoms with Crippen molar-refractivity contribution in [2.75, 3.05) is 17.2 Å². The van der Waals surface area contributed by atoms with Gasteiger partial charge in [-0.05, 0) is 63.1 Å². The minimum Gasteiger partial charge on any atom is -0.357 e. The van der Waals surface area contributed by atoms with Gasteiger partial charge in [0, 0.05) is 22.6 Å². The Labute approximate surface area is 162 Å². The van der Waals surface area contributed by atoms with E-state index in [-0.39, 0.29) is 17.9 Å². The summed E-state index contributed by atoms with van der Waals surface area (Å²) in [5.74, 6) is -0.715. The molecule has 28 heavy (non-hydrogen) atoms. The number of halogens is 1.